The largest absolute Gasteiger partial charge is 0.460 e. The van der Waals surface area contributed by atoms with Crippen LogP contribution in [0.25, 0.3) is 0 Å². The number of aliphatic hydroxyl groups excluding tert-OH is 1. The van der Waals surface area contributed by atoms with Gasteiger partial charge in [0.05, 0.1) is 6.10 Å². The summed E-state index contributed by atoms with van der Waals surface area (Å²) in [5, 5.41) is 14.8. The van der Waals surface area contributed by atoms with Crippen LogP contribution < -0.4 is 19.9 Å². The van der Waals surface area contributed by atoms with E-state index in [2.05, 4.69) is 84.4 Å². The molecule has 1 saturated carbocycles. The molecule has 2 N–H and O–H groups in total. The fourth-order valence-corrected chi connectivity index (χ4v) is 9.58. The van der Waals surface area contributed by atoms with Gasteiger partial charge in [-0.2, -0.15) is 15.0 Å². The van der Waals surface area contributed by atoms with E-state index >= 15 is 0 Å². The highest BCUT2D eigenvalue weighted by Gasteiger charge is 2.49. The Hall–Kier alpha value is -1.67. The van der Waals surface area contributed by atoms with Crippen molar-refractivity contribution in [3.63, 3.8) is 0 Å². The summed E-state index contributed by atoms with van der Waals surface area (Å²) >= 11 is 0. The van der Waals surface area contributed by atoms with Crippen LogP contribution in [0.5, 0.6) is 6.01 Å². The molecular weight excluding hydrogens is 512 g/mol. The van der Waals surface area contributed by atoms with E-state index in [0.717, 1.165) is 25.7 Å². The van der Waals surface area contributed by atoms with Crippen LogP contribution in [-0.4, -0.2) is 65.5 Å². The van der Waals surface area contributed by atoms with Gasteiger partial charge in [-0.05, 0) is 114 Å². The van der Waals surface area contributed by atoms with Crippen LogP contribution in [0.15, 0.2) is 0 Å². The molecule has 4 heterocycles. The van der Waals surface area contributed by atoms with Crippen molar-refractivity contribution in [3.8, 4) is 6.01 Å². The van der Waals surface area contributed by atoms with Crippen molar-refractivity contribution in [2.45, 2.75) is 192 Å². The van der Waals surface area contributed by atoms with Gasteiger partial charge < -0.3 is 25.0 Å². The maximum absolute atomic E-state index is 10.8. The molecule has 1 aromatic rings. The summed E-state index contributed by atoms with van der Waals surface area (Å²) in [6.45, 7) is 22.6. The fraction of sp³-hybridized carbons (Fsp3) is 0.909. The van der Waals surface area contributed by atoms with Gasteiger partial charge in [-0.15, -0.1) is 0 Å². The number of nitrogens with one attached hydrogen (secondary N) is 1. The molecule has 41 heavy (non-hydrogen) atoms. The van der Waals surface area contributed by atoms with E-state index in [1.54, 1.807) is 0 Å². The van der Waals surface area contributed by atoms with Crippen LogP contribution in [0.4, 0.5) is 11.9 Å². The lowest BCUT2D eigenvalue weighted by Gasteiger charge is -2.55. The molecule has 0 radical (unpaired) electrons. The Labute approximate surface area is 249 Å². The predicted octanol–water partition coefficient (Wildman–Crippen LogP) is 6.55. The number of rotatable bonds is 4. The number of aromatic nitrogens is 3. The van der Waals surface area contributed by atoms with Gasteiger partial charge >= 0.3 is 6.01 Å². The smallest absolute Gasteiger partial charge is 0.323 e. The van der Waals surface area contributed by atoms with Crippen molar-refractivity contribution < 1.29 is 9.84 Å². The third-order valence-electron chi connectivity index (χ3n) is 10.5. The van der Waals surface area contributed by atoms with E-state index < -0.39 is 0 Å². The molecule has 1 unspecified atom stereocenters. The van der Waals surface area contributed by atoms with Crippen LogP contribution in [0, 0.1) is 0 Å². The topological polar surface area (TPSA) is 86.6 Å². The third kappa shape index (κ3) is 6.20. The summed E-state index contributed by atoms with van der Waals surface area (Å²) in [7, 11) is 0. The Morgan fingerprint density at radius 3 is 1.68 bits per heavy atom. The van der Waals surface area contributed by atoms with E-state index in [1.165, 1.54) is 38.5 Å². The van der Waals surface area contributed by atoms with E-state index in [9.17, 15) is 5.11 Å². The summed E-state index contributed by atoms with van der Waals surface area (Å²) < 4.78 is 6.87. The quantitative estimate of drug-likeness (QED) is 0.421. The highest BCUT2D eigenvalue weighted by Crippen LogP contribution is 2.45. The van der Waals surface area contributed by atoms with Crippen molar-refractivity contribution in [2.24, 2.45) is 0 Å². The summed E-state index contributed by atoms with van der Waals surface area (Å²) in [5.41, 5.74) is -0.719. The molecule has 8 nitrogen and oxygen atoms in total. The van der Waals surface area contributed by atoms with Crippen LogP contribution in [0.3, 0.4) is 0 Å². The lowest BCUT2D eigenvalue weighted by Crippen LogP contribution is -2.63. The minimum absolute atomic E-state index is 0.0111. The zero-order chi connectivity index (χ0) is 30.1. The standard InChI is InChI=1S/C33H58N6O2/c1-28(2)21-24(22-33(37-28)17-12-11-13-18-33)41-27-35-25(38-29(3,4)15-14-16-30(38,5)6)34-26(36-27)39-31(7,8)19-23(40)20-32(39,9)10/h23-24,37,40H,11-22H2,1-10H3. The van der Waals surface area contributed by atoms with Gasteiger partial charge in [0.25, 0.3) is 0 Å². The maximum atomic E-state index is 10.8. The van der Waals surface area contributed by atoms with Crippen LogP contribution in [0.1, 0.15) is 146 Å². The van der Waals surface area contributed by atoms with Crippen LogP contribution in [-0.2, 0) is 0 Å². The number of anilines is 2. The zero-order valence-corrected chi connectivity index (χ0v) is 27.7. The lowest BCUT2D eigenvalue weighted by atomic mass is 9.71. The monoisotopic (exact) mass is 570 g/mol. The van der Waals surface area contributed by atoms with Gasteiger partial charge in [0.2, 0.25) is 11.9 Å². The SMILES string of the molecule is CC1(C)CC(Oc2nc(N3C(C)(C)CCCC3(C)C)nc(N3C(C)(C)CC(O)CC3(C)C)n2)CC2(CCCCC2)N1. The number of piperidine rings is 3. The Bertz CT molecular complexity index is 1070. The van der Waals surface area contributed by atoms with Crippen molar-refractivity contribution in [3.05, 3.63) is 0 Å². The van der Waals surface area contributed by atoms with Gasteiger partial charge in [0.1, 0.15) is 6.10 Å². The second kappa shape index (κ2) is 10.2. The minimum Gasteiger partial charge on any atom is -0.460 e. The summed E-state index contributed by atoms with van der Waals surface area (Å²) in [6, 6.07) is 0.438. The van der Waals surface area contributed by atoms with Crippen molar-refractivity contribution >= 4 is 11.9 Å². The highest BCUT2D eigenvalue weighted by molar-refractivity contribution is 5.49. The first-order valence-corrected chi connectivity index (χ1v) is 16.3. The fourth-order valence-electron chi connectivity index (χ4n) is 9.58. The van der Waals surface area contributed by atoms with E-state index in [1.807, 2.05) is 0 Å². The molecule has 4 fully saturated rings. The Balaban J connectivity index is 1.58. The molecule has 0 amide bonds. The molecule has 232 valence electrons. The number of nitrogens with zero attached hydrogens (tertiary/aromatic N) is 5. The molecule has 5 rings (SSSR count). The van der Waals surface area contributed by atoms with Crippen LogP contribution in [0.2, 0.25) is 0 Å². The highest BCUT2D eigenvalue weighted by atomic mass is 16.5. The Morgan fingerprint density at radius 2 is 1.15 bits per heavy atom. The molecular formula is C33H58N6O2. The first-order chi connectivity index (χ1) is 18.8. The van der Waals surface area contributed by atoms with Crippen molar-refractivity contribution in [1.29, 1.82) is 0 Å². The predicted molar refractivity (Wildman–Crippen MR) is 167 cm³/mol. The second-order valence-corrected chi connectivity index (χ2v) is 17.1. The Morgan fingerprint density at radius 1 is 0.634 bits per heavy atom. The molecule has 0 aromatic carbocycles. The van der Waals surface area contributed by atoms with Gasteiger partial charge in [-0.3, -0.25) is 0 Å². The van der Waals surface area contributed by atoms with E-state index in [0.29, 0.717) is 30.7 Å². The molecule has 1 spiro atoms. The first kappa shape index (κ1) is 30.8. The van der Waals surface area contributed by atoms with Gasteiger partial charge in [-0.1, -0.05) is 19.3 Å². The average Bonchev–Trinajstić information content (AvgIpc) is 2.74. The maximum Gasteiger partial charge on any atom is 0.323 e. The minimum atomic E-state index is -0.350. The number of ether oxygens (including phenoxy) is 1. The van der Waals surface area contributed by atoms with Gasteiger partial charge in [-0.25, -0.2) is 0 Å². The molecule has 1 aliphatic carbocycles. The molecule has 1 atom stereocenters. The van der Waals surface area contributed by atoms with Gasteiger partial charge in [0.15, 0.2) is 0 Å². The summed E-state index contributed by atoms with van der Waals surface area (Å²) in [4.78, 5) is 20.2. The van der Waals surface area contributed by atoms with E-state index in [-0.39, 0.29) is 45.4 Å². The van der Waals surface area contributed by atoms with E-state index in [4.69, 9.17) is 19.7 Å². The number of aliphatic hydroxyl groups is 1. The molecule has 3 saturated heterocycles. The lowest BCUT2D eigenvalue weighted by molar-refractivity contribution is 0.0183. The zero-order valence-electron chi connectivity index (χ0n) is 27.7. The average molecular weight is 571 g/mol. The molecule has 1 aromatic heterocycles. The van der Waals surface area contributed by atoms with Crippen molar-refractivity contribution in [2.75, 3.05) is 9.80 Å². The van der Waals surface area contributed by atoms with Gasteiger partial charge in [0, 0.05) is 46.1 Å². The number of hydrogen-bond donors (Lipinski definition) is 2. The molecule has 0 bridgehead atoms. The third-order valence-corrected chi connectivity index (χ3v) is 10.5. The number of hydrogen-bond acceptors (Lipinski definition) is 8. The first-order valence-electron chi connectivity index (χ1n) is 16.3. The normalized spacial score (nSPS) is 30.3. The molecule has 3 aliphatic heterocycles. The van der Waals surface area contributed by atoms with Crippen molar-refractivity contribution in [1.82, 2.24) is 20.3 Å². The summed E-state index contributed by atoms with van der Waals surface area (Å²) in [6.07, 6.45) is 12.6. The van der Waals surface area contributed by atoms with Crippen LogP contribution >= 0.6 is 0 Å². The molecule has 4 aliphatic rings. The molecule has 8 heteroatoms. The second-order valence-electron chi connectivity index (χ2n) is 17.1. The summed E-state index contributed by atoms with van der Waals surface area (Å²) in [5.74, 6) is 1.36. The Kier molecular flexibility index (Phi) is 7.66.